The van der Waals surface area contributed by atoms with E-state index in [0.717, 1.165) is 32.1 Å². The Morgan fingerprint density at radius 1 is 0.925 bits per heavy atom. The van der Waals surface area contributed by atoms with Gasteiger partial charge in [-0.25, -0.2) is 8.42 Å². The largest absolute Gasteiger partial charge is 0.468 e. The molecule has 202 valence electrons. The van der Waals surface area contributed by atoms with Crippen LogP contribution in [0.1, 0.15) is 21.5 Å². The molecule has 0 unspecified atom stereocenters. The van der Waals surface area contributed by atoms with Crippen molar-refractivity contribution in [3.63, 3.8) is 0 Å². The zero-order chi connectivity index (χ0) is 27.9. The second kappa shape index (κ2) is 10.5. The third kappa shape index (κ3) is 4.74. The minimum atomic E-state index is -3.73. The Balaban J connectivity index is 1.33. The molecule has 4 aromatic carbocycles. The van der Waals surface area contributed by atoms with Gasteiger partial charge < -0.3 is 9.30 Å². The number of nitrogens with zero attached hydrogens (tertiary/aromatic N) is 3. The molecule has 0 atom stereocenters. The molecule has 0 spiro atoms. The van der Waals surface area contributed by atoms with Gasteiger partial charge in [0.25, 0.3) is 5.91 Å². The number of rotatable bonds is 5. The number of carbonyl (C=O) groups excluding carboxylic acids is 2. The molecule has 1 amide bonds. The number of carbonyl (C=O) groups is 2. The van der Waals surface area contributed by atoms with Crippen molar-refractivity contribution in [1.29, 1.82) is 0 Å². The normalized spacial score (nSPS) is 14.4. The van der Waals surface area contributed by atoms with Gasteiger partial charge in [-0.15, -0.1) is 0 Å². The van der Waals surface area contributed by atoms with Crippen LogP contribution in [0.4, 0.5) is 0 Å². The average molecular weight is 572 g/mol. The van der Waals surface area contributed by atoms with Gasteiger partial charge in [0.1, 0.15) is 6.54 Å². The van der Waals surface area contributed by atoms with Crippen molar-refractivity contribution in [2.45, 2.75) is 24.4 Å². The number of amides is 1. The first-order chi connectivity index (χ1) is 19.3. The molecule has 0 fully saturated rings. The van der Waals surface area contributed by atoms with Crippen molar-refractivity contribution < 1.29 is 22.7 Å². The first-order valence-corrected chi connectivity index (χ1v) is 14.9. The van der Waals surface area contributed by atoms with Crippen molar-refractivity contribution in [2.24, 2.45) is 4.99 Å². The number of hydrogen-bond donors (Lipinski definition) is 0. The first kappa shape index (κ1) is 26.1. The van der Waals surface area contributed by atoms with Crippen molar-refractivity contribution >= 4 is 54.2 Å². The summed E-state index contributed by atoms with van der Waals surface area (Å²) in [5.41, 5.74) is 3.18. The Hall–Kier alpha value is -4.12. The van der Waals surface area contributed by atoms with Crippen LogP contribution in [-0.2, 0) is 39.1 Å². The maximum Gasteiger partial charge on any atom is 0.325 e. The molecule has 8 nitrogen and oxygen atoms in total. The number of aromatic nitrogens is 1. The molecule has 1 aliphatic heterocycles. The molecule has 0 N–H and O–H groups in total. The second-order valence-corrected chi connectivity index (χ2v) is 12.4. The SMILES string of the molecule is COC(=O)Cn1c(=NC(=O)c2ccc(S(=O)(=O)N3CCc4ccccc4C3)cc2)sc2c3ccccc3ccc21. The molecule has 1 aliphatic rings. The van der Waals surface area contributed by atoms with E-state index in [2.05, 4.69) is 4.99 Å². The maximum absolute atomic E-state index is 13.3. The predicted octanol–water partition coefficient (Wildman–Crippen LogP) is 4.52. The number of fused-ring (bicyclic) bond motifs is 4. The van der Waals surface area contributed by atoms with Crippen molar-refractivity contribution in [2.75, 3.05) is 13.7 Å². The number of hydrogen-bond acceptors (Lipinski definition) is 6. The molecule has 0 aliphatic carbocycles. The highest BCUT2D eigenvalue weighted by Gasteiger charge is 2.28. The monoisotopic (exact) mass is 571 g/mol. The molecule has 0 saturated carbocycles. The maximum atomic E-state index is 13.3. The van der Waals surface area contributed by atoms with Gasteiger partial charge in [-0.3, -0.25) is 9.59 Å². The van der Waals surface area contributed by atoms with Gasteiger partial charge >= 0.3 is 5.97 Å². The smallest absolute Gasteiger partial charge is 0.325 e. The molecule has 1 aromatic heterocycles. The van der Waals surface area contributed by atoms with Crippen LogP contribution in [0.2, 0.25) is 0 Å². The quantitative estimate of drug-likeness (QED) is 0.289. The minimum Gasteiger partial charge on any atom is -0.468 e. The Kier molecular flexibility index (Phi) is 6.83. The predicted molar refractivity (Wildman–Crippen MR) is 153 cm³/mol. The van der Waals surface area contributed by atoms with Crippen LogP contribution in [0.15, 0.2) is 94.8 Å². The molecule has 6 rings (SSSR count). The lowest BCUT2D eigenvalue weighted by molar-refractivity contribution is -0.141. The molecule has 40 heavy (non-hydrogen) atoms. The Morgan fingerprint density at radius 2 is 1.65 bits per heavy atom. The summed E-state index contributed by atoms with van der Waals surface area (Å²) in [5, 5.41) is 2.03. The van der Waals surface area contributed by atoms with Crippen LogP contribution in [0.25, 0.3) is 21.0 Å². The number of esters is 1. The fourth-order valence-electron chi connectivity index (χ4n) is 4.98. The van der Waals surface area contributed by atoms with E-state index in [9.17, 15) is 18.0 Å². The van der Waals surface area contributed by atoms with Crippen molar-refractivity contribution in [3.05, 3.63) is 106 Å². The summed E-state index contributed by atoms with van der Waals surface area (Å²) in [4.78, 5) is 30.2. The van der Waals surface area contributed by atoms with E-state index < -0.39 is 21.9 Å². The minimum absolute atomic E-state index is 0.100. The van der Waals surface area contributed by atoms with Gasteiger partial charge in [-0.2, -0.15) is 9.30 Å². The zero-order valence-electron chi connectivity index (χ0n) is 21.6. The van der Waals surface area contributed by atoms with Crippen LogP contribution in [0.3, 0.4) is 0 Å². The van der Waals surface area contributed by atoms with Crippen molar-refractivity contribution in [1.82, 2.24) is 8.87 Å². The molecule has 2 heterocycles. The van der Waals surface area contributed by atoms with Gasteiger partial charge in [0.2, 0.25) is 10.0 Å². The third-order valence-corrected chi connectivity index (χ3v) is 10.1. The number of sulfonamides is 1. The third-order valence-electron chi connectivity index (χ3n) is 7.12. The van der Waals surface area contributed by atoms with Gasteiger partial charge in [0.05, 0.1) is 22.2 Å². The molecular formula is C30H25N3O5S2. The van der Waals surface area contributed by atoms with Crippen LogP contribution in [-0.4, -0.2) is 42.8 Å². The van der Waals surface area contributed by atoms with Crippen LogP contribution >= 0.6 is 11.3 Å². The van der Waals surface area contributed by atoms with Crippen molar-refractivity contribution in [3.8, 4) is 0 Å². The van der Waals surface area contributed by atoms with Crippen LogP contribution in [0, 0.1) is 0 Å². The van der Waals surface area contributed by atoms with E-state index in [1.807, 2.05) is 60.7 Å². The van der Waals surface area contributed by atoms with E-state index >= 15 is 0 Å². The van der Waals surface area contributed by atoms with Gasteiger partial charge in [0.15, 0.2) is 4.80 Å². The first-order valence-electron chi connectivity index (χ1n) is 12.7. The molecule has 10 heteroatoms. The lowest BCUT2D eigenvalue weighted by Crippen LogP contribution is -2.35. The number of ether oxygens (including phenoxy) is 1. The summed E-state index contributed by atoms with van der Waals surface area (Å²) in [6.45, 7) is 0.614. The lowest BCUT2D eigenvalue weighted by Gasteiger charge is -2.28. The highest BCUT2D eigenvalue weighted by molar-refractivity contribution is 7.89. The highest BCUT2D eigenvalue weighted by atomic mass is 32.2. The van der Waals surface area contributed by atoms with Crippen LogP contribution in [0.5, 0.6) is 0 Å². The molecule has 0 bridgehead atoms. The fourth-order valence-corrected chi connectivity index (χ4v) is 7.56. The Bertz CT molecular complexity index is 1960. The summed E-state index contributed by atoms with van der Waals surface area (Å²) in [6, 6.07) is 25.4. The number of methoxy groups -OCH3 is 1. The summed E-state index contributed by atoms with van der Waals surface area (Å²) < 4.78 is 35.6. The number of thiazole rings is 1. The van der Waals surface area contributed by atoms with Gasteiger partial charge in [0, 0.05) is 24.0 Å². The summed E-state index contributed by atoms with van der Waals surface area (Å²) in [5.74, 6) is -0.998. The average Bonchev–Trinajstić information content (AvgIpc) is 3.33. The van der Waals surface area contributed by atoms with E-state index in [-0.39, 0.29) is 17.0 Å². The zero-order valence-corrected chi connectivity index (χ0v) is 23.2. The van der Waals surface area contributed by atoms with E-state index in [4.69, 9.17) is 4.74 Å². The molecule has 5 aromatic rings. The molecule has 0 saturated heterocycles. The fraction of sp³-hybridized carbons (Fsp3) is 0.167. The Labute approximate surface area is 234 Å². The summed E-state index contributed by atoms with van der Waals surface area (Å²) in [6.07, 6.45) is 0.654. The molecular weight excluding hydrogens is 546 g/mol. The van der Waals surface area contributed by atoms with Gasteiger partial charge in [-0.05, 0) is 53.3 Å². The Morgan fingerprint density at radius 3 is 2.42 bits per heavy atom. The number of benzene rings is 4. The standard InChI is InChI=1S/C30H25N3O5S2/c1-38-27(34)19-33-26-15-12-21-7-4-5-9-25(21)28(26)39-30(33)31-29(35)22-10-13-24(14-11-22)40(36,37)32-17-16-20-6-2-3-8-23(20)18-32/h2-15H,16-19H2,1H3. The highest BCUT2D eigenvalue weighted by Crippen LogP contribution is 2.28. The summed E-state index contributed by atoms with van der Waals surface area (Å²) >= 11 is 1.31. The van der Waals surface area contributed by atoms with Crippen LogP contribution < -0.4 is 4.80 Å². The summed E-state index contributed by atoms with van der Waals surface area (Å²) in [7, 11) is -2.42. The lowest BCUT2D eigenvalue weighted by atomic mass is 10.0. The van der Waals surface area contributed by atoms with E-state index in [1.54, 1.807) is 4.57 Å². The molecule has 0 radical (unpaired) electrons. The second-order valence-electron chi connectivity index (χ2n) is 9.48. The van der Waals surface area contributed by atoms with E-state index in [1.165, 1.54) is 47.0 Å². The van der Waals surface area contributed by atoms with E-state index in [0.29, 0.717) is 24.3 Å². The van der Waals surface area contributed by atoms with Gasteiger partial charge in [-0.1, -0.05) is 65.9 Å². The topological polar surface area (TPSA) is 98.0 Å².